The lowest BCUT2D eigenvalue weighted by atomic mass is 10.2. The van der Waals surface area contributed by atoms with Gasteiger partial charge >= 0.3 is 6.18 Å². The van der Waals surface area contributed by atoms with E-state index in [1.165, 1.54) is 14.2 Å². The minimum atomic E-state index is -4.65. The molecule has 0 aliphatic rings. The molecule has 0 unspecified atom stereocenters. The van der Waals surface area contributed by atoms with E-state index in [1.54, 1.807) is 0 Å². The van der Waals surface area contributed by atoms with Gasteiger partial charge in [-0.2, -0.15) is 18.3 Å². The maximum absolute atomic E-state index is 12.3. The summed E-state index contributed by atoms with van der Waals surface area (Å²) in [6, 6.07) is 0. The highest BCUT2D eigenvalue weighted by molar-refractivity contribution is 5.80. The van der Waals surface area contributed by atoms with Gasteiger partial charge in [-0.15, -0.1) is 0 Å². The molecule has 0 radical (unpaired) electrons. The van der Waals surface area contributed by atoms with E-state index in [1.807, 2.05) is 0 Å². The summed E-state index contributed by atoms with van der Waals surface area (Å²) in [6.07, 6.45) is -4.57. The molecule has 0 aliphatic heterocycles. The number of methoxy groups -OCH3 is 1. The Morgan fingerprint density at radius 3 is 2.43 bits per heavy atom. The molecular formula is C7H7F3N2O2. The van der Waals surface area contributed by atoms with Crippen LogP contribution >= 0.6 is 0 Å². The molecule has 1 aromatic heterocycles. The van der Waals surface area contributed by atoms with Crippen LogP contribution in [0.25, 0.3) is 0 Å². The number of hydrogen-bond donors (Lipinski definition) is 0. The van der Waals surface area contributed by atoms with Crippen molar-refractivity contribution in [3.8, 4) is 5.88 Å². The van der Waals surface area contributed by atoms with Gasteiger partial charge in [0, 0.05) is 7.05 Å². The Morgan fingerprint density at radius 1 is 1.50 bits per heavy atom. The van der Waals surface area contributed by atoms with Gasteiger partial charge in [-0.05, 0) is 0 Å². The van der Waals surface area contributed by atoms with Crippen LogP contribution < -0.4 is 4.74 Å². The number of aromatic nitrogens is 2. The molecule has 0 amide bonds. The van der Waals surface area contributed by atoms with Crippen molar-refractivity contribution in [1.29, 1.82) is 0 Å². The van der Waals surface area contributed by atoms with Crippen molar-refractivity contribution >= 4 is 6.29 Å². The molecule has 14 heavy (non-hydrogen) atoms. The average Bonchev–Trinajstić information content (AvgIpc) is 2.40. The molecule has 0 aliphatic carbocycles. The van der Waals surface area contributed by atoms with Crippen molar-refractivity contribution < 1.29 is 22.7 Å². The number of nitrogens with zero attached hydrogens (tertiary/aromatic N) is 2. The second-order valence-corrected chi connectivity index (χ2v) is 2.51. The molecular weight excluding hydrogens is 201 g/mol. The Bertz CT molecular complexity index is 357. The van der Waals surface area contributed by atoms with E-state index in [-0.39, 0.29) is 12.2 Å². The minimum Gasteiger partial charge on any atom is -0.481 e. The minimum absolute atomic E-state index is 0.0780. The van der Waals surface area contributed by atoms with E-state index < -0.39 is 17.4 Å². The quantitative estimate of drug-likeness (QED) is 0.687. The SMILES string of the molecule is COc1c(C=O)c(C(F)(F)F)nn1C. The van der Waals surface area contributed by atoms with Crippen LogP contribution in [0.2, 0.25) is 0 Å². The molecule has 0 spiro atoms. The fourth-order valence-electron chi connectivity index (χ4n) is 1.08. The molecule has 0 aromatic carbocycles. The Balaban J connectivity index is 3.39. The maximum atomic E-state index is 12.3. The zero-order valence-electron chi connectivity index (χ0n) is 7.42. The lowest BCUT2D eigenvalue weighted by Gasteiger charge is -2.01. The standard InChI is InChI=1S/C7H7F3N2O2/c1-12-6(14-2)4(3-13)5(11-12)7(8,9)10/h3H,1-2H3. The van der Waals surface area contributed by atoms with E-state index >= 15 is 0 Å². The third-order valence-corrected chi connectivity index (χ3v) is 1.61. The van der Waals surface area contributed by atoms with E-state index in [0.717, 1.165) is 4.68 Å². The van der Waals surface area contributed by atoms with Gasteiger partial charge in [0.2, 0.25) is 5.88 Å². The van der Waals surface area contributed by atoms with Crippen LogP contribution in [0.3, 0.4) is 0 Å². The fraction of sp³-hybridized carbons (Fsp3) is 0.429. The lowest BCUT2D eigenvalue weighted by Crippen LogP contribution is -2.09. The fourth-order valence-corrected chi connectivity index (χ4v) is 1.08. The molecule has 78 valence electrons. The van der Waals surface area contributed by atoms with E-state index in [4.69, 9.17) is 0 Å². The van der Waals surface area contributed by atoms with Gasteiger partial charge in [-0.25, -0.2) is 4.68 Å². The van der Waals surface area contributed by atoms with Gasteiger partial charge in [0.05, 0.1) is 7.11 Å². The van der Waals surface area contributed by atoms with Crippen LogP contribution in [0, 0.1) is 0 Å². The first-order valence-corrected chi connectivity index (χ1v) is 3.55. The summed E-state index contributed by atoms with van der Waals surface area (Å²) in [5, 5.41) is 3.16. The molecule has 0 fully saturated rings. The number of halogens is 3. The first-order chi connectivity index (χ1) is 6.41. The van der Waals surface area contributed by atoms with E-state index in [0.29, 0.717) is 0 Å². The van der Waals surface area contributed by atoms with E-state index in [9.17, 15) is 18.0 Å². The average molecular weight is 208 g/mol. The van der Waals surface area contributed by atoms with Crippen molar-refractivity contribution in [2.45, 2.75) is 6.18 Å². The first-order valence-electron chi connectivity index (χ1n) is 3.55. The number of ether oxygens (including phenoxy) is 1. The number of carbonyl (C=O) groups is 1. The van der Waals surface area contributed by atoms with Gasteiger partial charge < -0.3 is 4.74 Å². The van der Waals surface area contributed by atoms with Crippen molar-refractivity contribution in [3.05, 3.63) is 11.3 Å². The van der Waals surface area contributed by atoms with Crippen LogP contribution in [0.5, 0.6) is 5.88 Å². The van der Waals surface area contributed by atoms with Crippen molar-refractivity contribution in [1.82, 2.24) is 9.78 Å². The molecule has 7 heteroatoms. The van der Waals surface area contributed by atoms with Crippen molar-refractivity contribution in [3.63, 3.8) is 0 Å². The van der Waals surface area contributed by atoms with Crippen molar-refractivity contribution in [2.24, 2.45) is 7.05 Å². The summed E-state index contributed by atoms with van der Waals surface area (Å²) < 4.78 is 42.3. The number of aryl methyl sites for hydroxylation is 1. The molecule has 1 heterocycles. The highest BCUT2D eigenvalue weighted by atomic mass is 19.4. The van der Waals surface area contributed by atoms with Gasteiger partial charge in [0.15, 0.2) is 12.0 Å². The number of carbonyl (C=O) groups excluding carboxylic acids is 1. The molecule has 0 saturated heterocycles. The zero-order chi connectivity index (χ0) is 10.9. The Kier molecular flexibility index (Phi) is 2.50. The molecule has 1 rings (SSSR count). The van der Waals surface area contributed by atoms with E-state index in [2.05, 4.69) is 9.84 Å². The third-order valence-electron chi connectivity index (χ3n) is 1.61. The summed E-state index contributed by atoms with van der Waals surface area (Å²) in [6.45, 7) is 0. The molecule has 0 saturated carbocycles. The van der Waals surface area contributed by atoms with Crippen LogP contribution in [-0.2, 0) is 13.2 Å². The second kappa shape index (κ2) is 3.32. The maximum Gasteiger partial charge on any atom is 0.436 e. The Hall–Kier alpha value is -1.53. The Morgan fingerprint density at radius 2 is 2.07 bits per heavy atom. The molecule has 0 N–H and O–H groups in total. The smallest absolute Gasteiger partial charge is 0.436 e. The normalized spacial score (nSPS) is 11.5. The van der Waals surface area contributed by atoms with Crippen LogP contribution in [0.1, 0.15) is 16.1 Å². The topological polar surface area (TPSA) is 44.1 Å². The molecule has 0 bridgehead atoms. The van der Waals surface area contributed by atoms with Gasteiger partial charge in [0.25, 0.3) is 0 Å². The predicted octanol–water partition coefficient (Wildman–Crippen LogP) is 1.26. The zero-order valence-corrected chi connectivity index (χ0v) is 7.42. The largest absolute Gasteiger partial charge is 0.481 e. The number of rotatable bonds is 2. The number of alkyl halides is 3. The molecule has 1 aromatic rings. The van der Waals surface area contributed by atoms with Crippen LogP contribution in [0.15, 0.2) is 0 Å². The van der Waals surface area contributed by atoms with Crippen molar-refractivity contribution in [2.75, 3.05) is 7.11 Å². The number of aldehydes is 1. The summed E-state index contributed by atoms with van der Waals surface area (Å²) in [5.41, 5.74) is -1.81. The van der Waals surface area contributed by atoms with Gasteiger partial charge in [-0.1, -0.05) is 0 Å². The highest BCUT2D eigenvalue weighted by Crippen LogP contribution is 2.33. The highest BCUT2D eigenvalue weighted by Gasteiger charge is 2.39. The van der Waals surface area contributed by atoms with Crippen LogP contribution in [-0.4, -0.2) is 23.2 Å². The van der Waals surface area contributed by atoms with Gasteiger partial charge in [-0.3, -0.25) is 4.79 Å². The molecule has 0 atom stereocenters. The number of hydrogen-bond acceptors (Lipinski definition) is 3. The lowest BCUT2D eigenvalue weighted by molar-refractivity contribution is -0.141. The summed E-state index contributed by atoms with van der Waals surface area (Å²) >= 11 is 0. The third kappa shape index (κ3) is 1.57. The summed E-state index contributed by atoms with van der Waals surface area (Å²) in [5.74, 6) is -0.202. The summed E-state index contributed by atoms with van der Waals surface area (Å²) in [7, 11) is 2.44. The monoisotopic (exact) mass is 208 g/mol. The molecule has 4 nitrogen and oxygen atoms in total. The second-order valence-electron chi connectivity index (χ2n) is 2.51. The predicted molar refractivity (Wildman–Crippen MR) is 40.1 cm³/mol. The van der Waals surface area contributed by atoms with Gasteiger partial charge in [0.1, 0.15) is 5.56 Å². The summed E-state index contributed by atoms with van der Waals surface area (Å²) in [4.78, 5) is 10.4. The Labute approximate surface area is 77.3 Å². The first kappa shape index (κ1) is 10.6. The van der Waals surface area contributed by atoms with Crippen LogP contribution in [0.4, 0.5) is 13.2 Å².